The van der Waals surface area contributed by atoms with Gasteiger partial charge in [0, 0.05) is 11.1 Å². The molecule has 0 bridgehead atoms. The van der Waals surface area contributed by atoms with Crippen LogP contribution in [0.15, 0.2) is 57.6 Å². The van der Waals surface area contributed by atoms with Crippen LogP contribution in [-0.4, -0.2) is 16.6 Å². The molecule has 150 valence electrons. The van der Waals surface area contributed by atoms with Crippen molar-refractivity contribution in [2.24, 2.45) is 0 Å². The van der Waals surface area contributed by atoms with E-state index in [0.717, 1.165) is 0 Å². The van der Waals surface area contributed by atoms with Crippen LogP contribution in [0.4, 0.5) is 13.2 Å². The number of ether oxygens (including phenoxy) is 1. The lowest BCUT2D eigenvalue weighted by atomic mass is 9.98. The van der Waals surface area contributed by atoms with E-state index in [-0.39, 0.29) is 23.6 Å². The van der Waals surface area contributed by atoms with E-state index < -0.39 is 23.2 Å². The number of nitrogens with zero attached hydrogens (tertiary/aromatic N) is 2. The van der Waals surface area contributed by atoms with E-state index in [1.54, 1.807) is 30.3 Å². The molecule has 0 unspecified atom stereocenters. The highest BCUT2D eigenvalue weighted by Gasteiger charge is 2.43. The molecule has 0 fully saturated rings. The largest absolute Gasteiger partial charge is 0.488 e. The van der Waals surface area contributed by atoms with Crippen molar-refractivity contribution in [2.45, 2.75) is 12.8 Å². The molecule has 0 saturated heterocycles. The molecule has 5 rings (SSSR count). The Hall–Kier alpha value is -3.88. The van der Waals surface area contributed by atoms with Crippen molar-refractivity contribution >= 4 is 6.29 Å². The van der Waals surface area contributed by atoms with Crippen LogP contribution >= 0.6 is 0 Å². The van der Waals surface area contributed by atoms with Crippen LogP contribution in [0.2, 0.25) is 0 Å². The lowest BCUT2D eigenvalue weighted by molar-refractivity contribution is -0.136. The number of benzene rings is 2. The van der Waals surface area contributed by atoms with E-state index in [4.69, 9.17) is 13.8 Å². The number of fused-ring (bicyclic) bond motifs is 3. The quantitative estimate of drug-likeness (QED) is 0.420. The summed E-state index contributed by atoms with van der Waals surface area (Å²) in [6, 6.07) is 12.6. The highest BCUT2D eigenvalue weighted by atomic mass is 19.4. The van der Waals surface area contributed by atoms with E-state index in [0.29, 0.717) is 28.7 Å². The molecular weight excluding hydrogens is 401 g/mol. The lowest BCUT2D eigenvalue weighted by Crippen LogP contribution is -2.09. The summed E-state index contributed by atoms with van der Waals surface area (Å²) in [4.78, 5) is 11.0. The smallest absolute Gasteiger partial charge is 0.422 e. The number of halogens is 3. The minimum Gasteiger partial charge on any atom is -0.488 e. The van der Waals surface area contributed by atoms with E-state index in [1.165, 1.54) is 18.2 Å². The Labute approximate surface area is 166 Å². The van der Waals surface area contributed by atoms with Crippen molar-refractivity contribution in [3.8, 4) is 39.8 Å². The molecule has 1 aliphatic heterocycles. The van der Waals surface area contributed by atoms with Crippen LogP contribution in [-0.2, 0) is 12.8 Å². The summed E-state index contributed by atoms with van der Waals surface area (Å²) in [5.41, 5.74) is -0.159. The first kappa shape index (κ1) is 18.2. The first-order chi connectivity index (χ1) is 14.5. The fourth-order valence-electron chi connectivity index (χ4n) is 3.41. The number of carbonyl (C=O) groups is 1. The summed E-state index contributed by atoms with van der Waals surface area (Å²) >= 11 is 0. The van der Waals surface area contributed by atoms with E-state index >= 15 is 0 Å². The van der Waals surface area contributed by atoms with Crippen LogP contribution in [0, 0.1) is 0 Å². The van der Waals surface area contributed by atoms with Gasteiger partial charge in [0.05, 0.1) is 11.1 Å². The van der Waals surface area contributed by atoms with Gasteiger partial charge < -0.3 is 13.8 Å². The third-order valence-corrected chi connectivity index (χ3v) is 4.78. The van der Waals surface area contributed by atoms with E-state index in [2.05, 4.69) is 10.3 Å². The normalized spacial score (nSPS) is 12.8. The number of carbonyl (C=O) groups excluding carboxylic acids is 1. The zero-order valence-corrected chi connectivity index (χ0v) is 15.1. The standard InChI is InChI=1S/C21H11F3N2O4/c22-21(23,24)16-18(26-29-19(16)12-4-2-1-3-5-12)17-14-10-28-15-8-11(9-27)6-7-13(15)20(14)30-25-17/h1-9H,10H2. The average molecular weight is 412 g/mol. The average Bonchev–Trinajstić information content (AvgIpc) is 3.38. The molecule has 6 nitrogen and oxygen atoms in total. The van der Waals surface area contributed by atoms with E-state index in [1.807, 2.05) is 0 Å². The Morgan fingerprint density at radius 1 is 0.933 bits per heavy atom. The Morgan fingerprint density at radius 2 is 1.67 bits per heavy atom. The van der Waals surface area contributed by atoms with Crippen LogP contribution in [0.5, 0.6) is 5.75 Å². The number of aldehydes is 1. The maximum atomic E-state index is 14.0. The van der Waals surface area contributed by atoms with Gasteiger partial charge in [-0.1, -0.05) is 46.7 Å². The summed E-state index contributed by atoms with van der Waals surface area (Å²) in [5, 5.41) is 7.52. The van der Waals surface area contributed by atoms with Gasteiger partial charge in [0.2, 0.25) is 0 Å². The van der Waals surface area contributed by atoms with Gasteiger partial charge in [-0.15, -0.1) is 0 Å². The Kier molecular flexibility index (Phi) is 3.99. The van der Waals surface area contributed by atoms with Crippen LogP contribution in [0.3, 0.4) is 0 Å². The molecule has 0 spiro atoms. The number of hydrogen-bond acceptors (Lipinski definition) is 6. The fraction of sp³-hybridized carbons (Fsp3) is 0.0952. The number of alkyl halides is 3. The van der Waals surface area contributed by atoms with Gasteiger partial charge in [-0.2, -0.15) is 13.2 Å². The predicted octanol–water partition coefficient (Wildman–Crippen LogP) is 5.39. The van der Waals surface area contributed by atoms with Crippen molar-refractivity contribution in [1.82, 2.24) is 10.3 Å². The molecule has 9 heteroatoms. The van der Waals surface area contributed by atoms with Crippen molar-refractivity contribution in [1.29, 1.82) is 0 Å². The van der Waals surface area contributed by atoms with Crippen molar-refractivity contribution in [2.75, 3.05) is 0 Å². The van der Waals surface area contributed by atoms with Crippen LogP contribution in [0.1, 0.15) is 21.5 Å². The molecule has 0 N–H and O–H groups in total. The SMILES string of the molecule is O=Cc1ccc2c(c1)OCc1c(-c3noc(-c4ccccc4)c3C(F)(F)F)noc1-2. The summed E-state index contributed by atoms with van der Waals surface area (Å²) < 4.78 is 57.9. The zero-order valence-electron chi connectivity index (χ0n) is 15.1. The topological polar surface area (TPSA) is 78.4 Å². The van der Waals surface area contributed by atoms with Gasteiger partial charge in [0.15, 0.2) is 11.5 Å². The summed E-state index contributed by atoms with van der Waals surface area (Å²) in [7, 11) is 0. The monoisotopic (exact) mass is 412 g/mol. The van der Waals surface area contributed by atoms with Gasteiger partial charge in [0.1, 0.15) is 35.6 Å². The Balaban J connectivity index is 1.68. The molecule has 4 aromatic rings. The second-order valence-electron chi connectivity index (χ2n) is 6.60. The van der Waals surface area contributed by atoms with Gasteiger partial charge in [-0.25, -0.2) is 0 Å². The molecule has 0 saturated carbocycles. The van der Waals surface area contributed by atoms with Crippen LogP contribution in [0.25, 0.3) is 34.0 Å². The molecule has 0 radical (unpaired) electrons. The maximum Gasteiger partial charge on any atom is 0.422 e. The van der Waals surface area contributed by atoms with Gasteiger partial charge in [-0.05, 0) is 12.1 Å². The van der Waals surface area contributed by atoms with E-state index in [9.17, 15) is 18.0 Å². The predicted molar refractivity (Wildman–Crippen MR) is 97.6 cm³/mol. The first-order valence-electron chi connectivity index (χ1n) is 8.81. The molecule has 2 aromatic carbocycles. The molecule has 1 aliphatic rings. The molecular formula is C21H11F3N2O4. The number of aromatic nitrogens is 2. The maximum absolute atomic E-state index is 14.0. The molecule has 2 aromatic heterocycles. The second kappa shape index (κ2) is 6.58. The lowest BCUT2D eigenvalue weighted by Gasteiger charge is -2.16. The number of hydrogen-bond donors (Lipinski definition) is 0. The van der Waals surface area contributed by atoms with Gasteiger partial charge >= 0.3 is 6.18 Å². The second-order valence-corrected chi connectivity index (χ2v) is 6.60. The fourth-order valence-corrected chi connectivity index (χ4v) is 3.41. The minimum atomic E-state index is -4.74. The molecule has 0 aliphatic carbocycles. The number of rotatable bonds is 3. The van der Waals surface area contributed by atoms with Gasteiger partial charge in [-0.3, -0.25) is 4.79 Å². The third kappa shape index (κ3) is 2.78. The molecule has 0 atom stereocenters. The Bertz CT molecular complexity index is 1260. The summed E-state index contributed by atoms with van der Waals surface area (Å²) in [5.74, 6) is 0.250. The minimum absolute atomic E-state index is 0.0890. The van der Waals surface area contributed by atoms with Crippen molar-refractivity contribution in [3.05, 3.63) is 65.2 Å². The van der Waals surface area contributed by atoms with Crippen molar-refractivity contribution < 1.29 is 31.7 Å². The molecule has 30 heavy (non-hydrogen) atoms. The van der Waals surface area contributed by atoms with Gasteiger partial charge in [0.25, 0.3) is 0 Å². The summed E-state index contributed by atoms with van der Waals surface area (Å²) in [6.45, 7) is -0.0890. The third-order valence-electron chi connectivity index (χ3n) is 4.78. The summed E-state index contributed by atoms with van der Waals surface area (Å²) in [6.07, 6.45) is -4.07. The zero-order chi connectivity index (χ0) is 20.9. The first-order valence-corrected chi connectivity index (χ1v) is 8.81. The Morgan fingerprint density at radius 3 is 2.40 bits per heavy atom. The van der Waals surface area contributed by atoms with Crippen molar-refractivity contribution in [3.63, 3.8) is 0 Å². The highest BCUT2D eigenvalue weighted by molar-refractivity contribution is 5.83. The highest BCUT2D eigenvalue weighted by Crippen LogP contribution is 2.47. The molecule has 0 amide bonds. The van der Waals surface area contributed by atoms with Crippen LogP contribution < -0.4 is 4.74 Å². The molecule has 3 heterocycles.